The Balaban J connectivity index is 1.85. The van der Waals surface area contributed by atoms with Gasteiger partial charge in [0.25, 0.3) is 0 Å². The number of pyridine rings is 1. The zero-order valence-corrected chi connectivity index (χ0v) is 11.7. The Morgan fingerprint density at radius 3 is 2.40 bits per heavy atom. The minimum Gasteiger partial charge on any atom is -0.327 e. The van der Waals surface area contributed by atoms with Gasteiger partial charge in [0.2, 0.25) is 0 Å². The van der Waals surface area contributed by atoms with Crippen molar-refractivity contribution in [2.24, 2.45) is 17.6 Å². The Morgan fingerprint density at radius 2 is 1.90 bits per heavy atom. The third-order valence-electron chi connectivity index (χ3n) is 4.26. The highest BCUT2D eigenvalue weighted by Gasteiger charge is 2.42. The summed E-state index contributed by atoms with van der Waals surface area (Å²) in [6.07, 6.45) is -0.0569. The van der Waals surface area contributed by atoms with Crippen molar-refractivity contribution >= 4 is 0 Å². The maximum absolute atomic E-state index is 12.6. The van der Waals surface area contributed by atoms with Gasteiger partial charge in [-0.2, -0.15) is 13.2 Å². The minimum atomic E-state index is -4.05. The molecule has 2 N–H and O–H groups in total. The van der Waals surface area contributed by atoms with Crippen molar-refractivity contribution in [2.45, 2.75) is 51.2 Å². The van der Waals surface area contributed by atoms with Crippen molar-refractivity contribution in [3.8, 4) is 0 Å². The van der Waals surface area contributed by atoms with E-state index in [0.717, 1.165) is 11.3 Å². The highest BCUT2D eigenvalue weighted by Crippen LogP contribution is 2.40. The summed E-state index contributed by atoms with van der Waals surface area (Å²) in [6, 6.07) is 3.82. The van der Waals surface area contributed by atoms with E-state index in [1.807, 2.05) is 19.1 Å². The lowest BCUT2D eigenvalue weighted by molar-refractivity contribution is -0.184. The molecule has 0 aliphatic heterocycles. The third-order valence-corrected chi connectivity index (χ3v) is 4.26. The van der Waals surface area contributed by atoms with Crippen LogP contribution in [0.2, 0.25) is 0 Å². The predicted octanol–water partition coefficient (Wildman–Crippen LogP) is 3.63. The number of nitrogens with two attached hydrogens (primary N) is 1. The molecule has 1 aliphatic rings. The van der Waals surface area contributed by atoms with Crippen LogP contribution < -0.4 is 5.73 Å². The molecule has 1 atom stereocenters. The lowest BCUT2D eigenvalue weighted by Gasteiger charge is -2.33. The molecule has 112 valence electrons. The summed E-state index contributed by atoms with van der Waals surface area (Å²) in [7, 11) is 0. The molecular weight excluding hydrogens is 265 g/mol. The number of nitrogens with zero attached hydrogens (tertiary/aromatic N) is 1. The summed E-state index contributed by atoms with van der Waals surface area (Å²) >= 11 is 0. The first-order chi connectivity index (χ1) is 9.36. The fourth-order valence-corrected chi connectivity index (χ4v) is 2.90. The van der Waals surface area contributed by atoms with Crippen LogP contribution in [0.15, 0.2) is 18.3 Å². The molecule has 2 rings (SSSR count). The van der Waals surface area contributed by atoms with Gasteiger partial charge in [0.15, 0.2) is 0 Å². The zero-order valence-electron chi connectivity index (χ0n) is 11.7. The number of hydrogen-bond acceptors (Lipinski definition) is 2. The second-order valence-electron chi connectivity index (χ2n) is 5.85. The van der Waals surface area contributed by atoms with E-state index in [0.29, 0.717) is 19.3 Å². The van der Waals surface area contributed by atoms with Gasteiger partial charge in [0.05, 0.1) is 5.92 Å². The fraction of sp³-hybridized carbons (Fsp3) is 0.667. The molecule has 1 aromatic rings. The molecule has 0 bridgehead atoms. The van der Waals surface area contributed by atoms with E-state index in [1.54, 1.807) is 6.20 Å². The lowest BCUT2D eigenvalue weighted by Crippen LogP contribution is -2.37. The average Bonchev–Trinajstić information content (AvgIpc) is 2.40. The van der Waals surface area contributed by atoms with Crippen LogP contribution in [0.4, 0.5) is 13.2 Å². The highest BCUT2D eigenvalue weighted by atomic mass is 19.4. The highest BCUT2D eigenvalue weighted by molar-refractivity contribution is 5.13. The SMILES string of the molecule is Cc1ccc(CC(N)C2CCC(C(F)(F)F)CC2)nc1. The van der Waals surface area contributed by atoms with Gasteiger partial charge in [0, 0.05) is 24.4 Å². The average molecular weight is 286 g/mol. The van der Waals surface area contributed by atoms with Crippen LogP contribution in [0.1, 0.15) is 36.9 Å². The quantitative estimate of drug-likeness (QED) is 0.921. The van der Waals surface area contributed by atoms with Crippen LogP contribution >= 0.6 is 0 Å². The first-order valence-corrected chi connectivity index (χ1v) is 7.10. The molecule has 0 saturated heterocycles. The van der Waals surface area contributed by atoms with Crippen LogP contribution in [0, 0.1) is 18.8 Å². The van der Waals surface area contributed by atoms with Crippen molar-refractivity contribution in [1.82, 2.24) is 4.98 Å². The van der Waals surface area contributed by atoms with Gasteiger partial charge in [-0.15, -0.1) is 0 Å². The summed E-state index contributed by atoms with van der Waals surface area (Å²) in [4.78, 5) is 4.31. The Morgan fingerprint density at radius 1 is 1.25 bits per heavy atom. The molecule has 1 saturated carbocycles. The van der Waals surface area contributed by atoms with Crippen molar-refractivity contribution in [3.05, 3.63) is 29.6 Å². The molecule has 2 nitrogen and oxygen atoms in total. The van der Waals surface area contributed by atoms with Crippen LogP contribution in [0.25, 0.3) is 0 Å². The molecule has 1 unspecified atom stereocenters. The van der Waals surface area contributed by atoms with Gasteiger partial charge in [0.1, 0.15) is 0 Å². The molecule has 1 fully saturated rings. The molecule has 5 heteroatoms. The van der Waals surface area contributed by atoms with E-state index in [-0.39, 0.29) is 24.8 Å². The summed E-state index contributed by atoms with van der Waals surface area (Å²) in [5, 5.41) is 0. The Hall–Kier alpha value is -1.10. The second kappa shape index (κ2) is 6.12. The van der Waals surface area contributed by atoms with Gasteiger partial charge >= 0.3 is 6.18 Å². The monoisotopic (exact) mass is 286 g/mol. The van der Waals surface area contributed by atoms with Gasteiger partial charge in [-0.1, -0.05) is 6.07 Å². The summed E-state index contributed by atoms with van der Waals surface area (Å²) < 4.78 is 37.8. The van der Waals surface area contributed by atoms with Gasteiger partial charge in [-0.05, 0) is 50.2 Å². The van der Waals surface area contributed by atoms with Crippen molar-refractivity contribution in [3.63, 3.8) is 0 Å². The molecule has 0 aromatic carbocycles. The van der Waals surface area contributed by atoms with Crippen LogP contribution in [-0.4, -0.2) is 17.2 Å². The Labute approximate surface area is 117 Å². The standard InChI is InChI=1S/C15H21F3N2/c1-10-2-7-13(20-9-10)8-14(19)11-3-5-12(6-4-11)15(16,17)18/h2,7,9,11-12,14H,3-6,8,19H2,1H3. The molecule has 0 amide bonds. The number of halogens is 3. The second-order valence-corrected chi connectivity index (χ2v) is 5.85. The summed E-state index contributed by atoms with van der Waals surface area (Å²) in [5.41, 5.74) is 8.16. The molecule has 20 heavy (non-hydrogen) atoms. The van der Waals surface area contributed by atoms with Crippen molar-refractivity contribution in [2.75, 3.05) is 0 Å². The number of rotatable bonds is 3. The molecule has 1 aliphatic carbocycles. The number of aryl methyl sites for hydroxylation is 1. The topological polar surface area (TPSA) is 38.9 Å². The maximum Gasteiger partial charge on any atom is 0.391 e. The number of aromatic nitrogens is 1. The number of hydrogen-bond donors (Lipinski definition) is 1. The molecular formula is C15H21F3N2. The van der Waals surface area contributed by atoms with Gasteiger partial charge < -0.3 is 5.73 Å². The van der Waals surface area contributed by atoms with E-state index in [4.69, 9.17) is 5.73 Å². The molecule has 0 spiro atoms. The van der Waals surface area contributed by atoms with E-state index >= 15 is 0 Å². The Kier molecular flexibility index (Phi) is 4.68. The van der Waals surface area contributed by atoms with E-state index in [2.05, 4.69) is 4.98 Å². The largest absolute Gasteiger partial charge is 0.391 e. The predicted molar refractivity (Wildman–Crippen MR) is 72.2 cm³/mol. The van der Waals surface area contributed by atoms with E-state index in [9.17, 15) is 13.2 Å². The normalized spacial score (nSPS) is 25.4. The number of alkyl halides is 3. The van der Waals surface area contributed by atoms with E-state index < -0.39 is 12.1 Å². The van der Waals surface area contributed by atoms with E-state index in [1.165, 1.54) is 0 Å². The Bertz CT molecular complexity index is 420. The van der Waals surface area contributed by atoms with Gasteiger partial charge in [-0.3, -0.25) is 4.98 Å². The lowest BCUT2D eigenvalue weighted by atomic mass is 9.77. The molecule has 0 radical (unpaired) electrons. The minimum absolute atomic E-state index is 0.0978. The smallest absolute Gasteiger partial charge is 0.327 e. The van der Waals surface area contributed by atoms with Crippen molar-refractivity contribution in [1.29, 1.82) is 0 Å². The van der Waals surface area contributed by atoms with Gasteiger partial charge in [-0.25, -0.2) is 0 Å². The van der Waals surface area contributed by atoms with Crippen LogP contribution in [0.5, 0.6) is 0 Å². The molecule has 1 heterocycles. The van der Waals surface area contributed by atoms with Crippen LogP contribution in [0.3, 0.4) is 0 Å². The summed E-state index contributed by atoms with van der Waals surface area (Å²) in [6.45, 7) is 1.97. The maximum atomic E-state index is 12.6. The first-order valence-electron chi connectivity index (χ1n) is 7.10. The zero-order chi connectivity index (χ0) is 14.8. The fourth-order valence-electron chi connectivity index (χ4n) is 2.90. The van der Waals surface area contributed by atoms with Crippen LogP contribution in [-0.2, 0) is 6.42 Å². The third kappa shape index (κ3) is 3.95. The first kappa shape index (κ1) is 15.3. The molecule has 1 aromatic heterocycles. The van der Waals surface area contributed by atoms with Crippen molar-refractivity contribution < 1.29 is 13.2 Å². The summed E-state index contributed by atoms with van der Waals surface area (Å²) in [5.74, 6) is -0.958.